The number of amides is 1. The minimum absolute atomic E-state index is 0.116. The second kappa shape index (κ2) is 5.13. The van der Waals surface area contributed by atoms with Gasteiger partial charge in [-0.15, -0.1) is 0 Å². The Labute approximate surface area is 98.7 Å². The lowest BCUT2D eigenvalue weighted by molar-refractivity contribution is -0.120. The van der Waals surface area contributed by atoms with Gasteiger partial charge in [0.2, 0.25) is 5.91 Å². The number of hydrogen-bond acceptors (Lipinski definition) is 4. The predicted molar refractivity (Wildman–Crippen MR) is 61.5 cm³/mol. The lowest BCUT2D eigenvalue weighted by atomic mass is 10.3. The summed E-state index contributed by atoms with van der Waals surface area (Å²) in [6.07, 6.45) is -0.162. The molecule has 0 radical (unpaired) electrons. The molecule has 0 aliphatic carbocycles. The van der Waals surface area contributed by atoms with E-state index in [4.69, 9.17) is 5.73 Å². The quantitative estimate of drug-likeness (QED) is 0.763. The van der Waals surface area contributed by atoms with Gasteiger partial charge in [-0.25, -0.2) is 12.8 Å². The highest BCUT2D eigenvalue weighted by molar-refractivity contribution is 7.91. The maximum atomic E-state index is 13.1. The van der Waals surface area contributed by atoms with Crippen LogP contribution >= 0.6 is 0 Å². The molecule has 0 fully saturated rings. The molecular weight excluding hydrogens is 247 g/mol. The van der Waals surface area contributed by atoms with E-state index in [0.29, 0.717) is 0 Å². The second-order valence-electron chi connectivity index (χ2n) is 3.43. The highest BCUT2D eigenvalue weighted by Crippen LogP contribution is 2.17. The number of nitrogens with two attached hydrogens (primary N) is 1. The Hall–Kier alpha value is -1.63. The van der Waals surface area contributed by atoms with E-state index in [0.717, 1.165) is 6.07 Å². The topological polar surface area (TPSA) is 89.3 Å². The number of sulfone groups is 1. The van der Waals surface area contributed by atoms with E-state index in [1.165, 1.54) is 19.2 Å². The van der Waals surface area contributed by atoms with Gasteiger partial charge in [-0.1, -0.05) is 0 Å². The molecule has 0 bridgehead atoms. The van der Waals surface area contributed by atoms with Crippen molar-refractivity contribution >= 4 is 21.4 Å². The molecule has 94 valence electrons. The number of anilines is 1. The van der Waals surface area contributed by atoms with E-state index >= 15 is 0 Å². The van der Waals surface area contributed by atoms with Crippen molar-refractivity contribution in [3.8, 4) is 0 Å². The zero-order valence-corrected chi connectivity index (χ0v) is 10.1. The maximum Gasteiger partial charge on any atom is 0.220 e. The normalized spacial score (nSPS) is 11.2. The molecule has 0 saturated heterocycles. The standard InChI is InChI=1S/C10H13FN2O3S/c1-13-10(14)4-5-17(15,16)7-2-3-9(12)8(11)6-7/h2-3,6H,4-5,12H2,1H3,(H,13,14). The monoisotopic (exact) mass is 260 g/mol. The number of benzene rings is 1. The third kappa shape index (κ3) is 3.42. The molecule has 1 aromatic carbocycles. The highest BCUT2D eigenvalue weighted by Gasteiger charge is 2.17. The molecule has 3 N–H and O–H groups in total. The number of rotatable bonds is 4. The fourth-order valence-electron chi connectivity index (χ4n) is 1.17. The van der Waals surface area contributed by atoms with Crippen molar-refractivity contribution in [1.29, 1.82) is 0 Å². The molecule has 17 heavy (non-hydrogen) atoms. The largest absolute Gasteiger partial charge is 0.396 e. The van der Waals surface area contributed by atoms with Crippen LogP contribution in [0.15, 0.2) is 23.1 Å². The number of nitrogens with one attached hydrogen (secondary N) is 1. The molecular formula is C10H13FN2O3S. The first kappa shape index (κ1) is 13.4. The molecule has 0 aromatic heterocycles. The van der Waals surface area contributed by atoms with E-state index in [9.17, 15) is 17.6 Å². The van der Waals surface area contributed by atoms with Crippen LogP contribution < -0.4 is 11.1 Å². The van der Waals surface area contributed by atoms with E-state index in [1.54, 1.807) is 0 Å². The lowest BCUT2D eigenvalue weighted by Crippen LogP contribution is -2.21. The average Bonchev–Trinajstić information content (AvgIpc) is 2.29. The van der Waals surface area contributed by atoms with Crippen molar-refractivity contribution in [1.82, 2.24) is 5.32 Å². The number of nitrogen functional groups attached to an aromatic ring is 1. The molecule has 7 heteroatoms. The fourth-order valence-corrected chi connectivity index (χ4v) is 2.42. The summed E-state index contributed by atoms with van der Waals surface area (Å²) in [6.45, 7) is 0. The number of carbonyl (C=O) groups excluding carboxylic acids is 1. The van der Waals surface area contributed by atoms with Gasteiger partial charge in [0.25, 0.3) is 0 Å². The number of halogens is 1. The van der Waals surface area contributed by atoms with Crippen molar-refractivity contribution in [2.45, 2.75) is 11.3 Å². The smallest absolute Gasteiger partial charge is 0.220 e. The van der Waals surface area contributed by atoms with E-state index in [2.05, 4.69) is 5.32 Å². The average molecular weight is 260 g/mol. The van der Waals surface area contributed by atoms with Crippen molar-refractivity contribution in [2.24, 2.45) is 0 Å². The zero-order chi connectivity index (χ0) is 13.1. The van der Waals surface area contributed by atoms with Crippen LogP contribution in [0.3, 0.4) is 0 Å². The molecule has 1 aromatic rings. The molecule has 0 saturated carbocycles. The predicted octanol–water partition coefficient (Wildman–Crippen LogP) is 0.318. The van der Waals surface area contributed by atoms with Crippen LogP contribution in [-0.4, -0.2) is 27.1 Å². The van der Waals surface area contributed by atoms with Gasteiger partial charge >= 0.3 is 0 Å². The van der Waals surface area contributed by atoms with Gasteiger partial charge in [-0.05, 0) is 18.2 Å². The van der Waals surface area contributed by atoms with Crippen LogP contribution in [0.1, 0.15) is 6.42 Å². The van der Waals surface area contributed by atoms with E-state index < -0.39 is 15.7 Å². The molecule has 0 aliphatic rings. The first-order valence-corrected chi connectivity index (χ1v) is 6.50. The Kier molecular flexibility index (Phi) is 4.06. The van der Waals surface area contributed by atoms with Crippen LogP contribution in [0.4, 0.5) is 10.1 Å². The fraction of sp³-hybridized carbons (Fsp3) is 0.300. The summed E-state index contributed by atoms with van der Waals surface area (Å²) in [5.74, 6) is -1.54. The minimum atomic E-state index is -3.66. The van der Waals surface area contributed by atoms with Crippen molar-refractivity contribution in [3.63, 3.8) is 0 Å². The summed E-state index contributed by atoms with van der Waals surface area (Å²) in [4.78, 5) is 10.8. The lowest BCUT2D eigenvalue weighted by Gasteiger charge is -2.05. The molecule has 1 amide bonds. The summed E-state index contributed by atoms with van der Waals surface area (Å²) in [5.41, 5.74) is 5.13. The summed E-state index contributed by atoms with van der Waals surface area (Å²) >= 11 is 0. The summed E-state index contributed by atoms with van der Waals surface area (Å²) in [7, 11) is -2.25. The van der Waals surface area contributed by atoms with Crippen LogP contribution in [0.5, 0.6) is 0 Å². The Balaban J connectivity index is 2.90. The first-order chi connectivity index (χ1) is 7.86. The van der Waals surface area contributed by atoms with Gasteiger partial charge in [0.1, 0.15) is 5.82 Å². The number of hydrogen-bond donors (Lipinski definition) is 2. The summed E-state index contributed by atoms with van der Waals surface area (Å²) < 4.78 is 36.6. The third-order valence-corrected chi connectivity index (χ3v) is 3.92. The highest BCUT2D eigenvalue weighted by atomic mass is 32.2. The zero-order valence-electron chi connectivity index (χ0n) is 9.23. The van der Waals surface area contributed by atoms with Gasteiger partial charge in [-0.3, -0.25) is 4.79 Å². The Bertz CT molecular complexity index is 528. The Morgan fingerprint density at radius 2 is 2.12 bits per heavy atom. The molecule has 0 atom stereocenters. The summed E-state index contributed by atoms with van der Waals surface area (Å²) in [6, 6.07) is 3.26. The van der Waals surface area contributed by atoms with Gasteiger partial charge in [-0.2, -0.15) is 0 Å². The summed E-state index contributed by atoms with van der Waals surface area (Å²) in [5, 5.41) is 2.31. The molecule has 0 unspecified atom stereocenters. The second-order valence-corrected chi connectivity index (χ2v) is 5.53. The maximum absolute atomic E-state index is 13.1. The van der Waals surface area contributed by atoms with E-state index in [-0.39, 0.29) is 28.7 Å². The molecule has 0 spiro atoms. The number of carbonyl (C=O) groups is 1. The van der Waals surface area contributed by atoms with Gasteiger partial charge in [0, 0.05) is 13.5 Å². The minimum Gasteiger partial charge on any atom is -0.396 e. The van der Waals surface area contributed by atoms with E-state index in [1.807, 2.05) is 0 Å². The molecule has 0 heterocycles. The Morgan fingerprint density at radius 1 is 1.47 bits per heavy atom. The van der Waals surface area contributed by atoms with Crippen LogP contribution in [-0.2, 0) is 14.6 Å². The molecule has 1 rings (SSSR count). The third-order valence-electron chi connectivity index (χ3n) is 2.21. The van der Waals surface area contributed by atoms with Crippen LogP contribution in [0, 0.1) is 5.82 Å². The first-order valence-electron chi connectivity index (χ1n) is 4.85. The van der Waals surface area contributed by atoms with Crippen molar-refractivity contribution in [3.05, 3.63) is 24.0 Å². The molecule has 0 aliphatic heterocycles. The molecule has 5 nitrogen and oxygen atoms in total. The Morgan fingerprint density at radius 3 is 2.65 bits per heavy atom. The van der Waals surface area contributed by atoms with Crippen LogP contribution in [0.25, 0.3) is 0 Å². The van der Waals surface area contributed by atoms with Gasteiger partial charge in [0.15, 0.2) is 9.84 Å². The SMILES string of the molecule is CNC(=O)CCS(=O)(=O)c1ccc(N)c(F)c1. The van der Waals surface area contributed by atoms with Gasteiger partial charge in [0.05, 0.1) is 16.3 Å². The van der Waals surface area contributed by atoms with Gasteiger partial charge < -0.3 is 11.1 Å². The van der Waals surface area contributed by atoms with Crippen molar-refractivity contribution < 1.29 is 17.6 Å². The van der Waals surface area contributed by atoms with Crippen LogP contribution in [0.2, 0.25) is 0 Å². The van der Waals surface area contributed by atoms with Crippen molar-refractivity contribution in [2.75, 3.05) is 18.5 Å².